The third-order valence-corrected chi connectivity index (χ3v) is 4.36. The second-order valence-corrected chi connectivity index (χ2v) is 6.38. The molecule has 0 aliphatic heterocycles. The molecule has 0 amide bonds. The van der Waals surface area contributed by atoms with Gasteiger partial charge in [0.15, 0.2) is 5.82 Å². The molecule has 6 heteroatoms. The lowest BCUT2D eigenvalue weighted by molar-refractivity contribution is 0.384. The van der Waals surface area contributed by atoms with Crippen LogP contribution in [0.1, 0.15) is 43.4 Å². The normalized spacial score (nSPS) is 17.0. The average molecular weight is 277 g/mol. The molecule has 1 N–H and O–H groups in total. The van der Waals surface area contributed by atoms with Crippen molar-refractivity contribution >= 4 is 11.3 Å². The van der Waals surface area contributed by atoms with Crippen LogP contribution >= 0.6 is 11.3 Å². The van der Waals surface area contributed by atoms with E-state index in [4.69, 9.17) is 0 Å². The molecule has 1 atom stereocenters. The zero-order chi connectivity index (χ0) is 13.2. The van der Waals surface area contributed by atoms with Crippen LogP contribution in [0.2, 0.25) is 0 Å². The number of rotatable bonds is 6. The van der Waals surface area contributed by atoms with E-state index in [0.29, 0.717) is 12.0 Å². The van der Waals surface area contributed by atoms with Crippen molar-refractivity contribution in [2.75, 3.05) is 0 Å². The lowest BCUT2D eigenvalue weighted by Gasteiger charge is -2.20. The predicted molar refractivity (Wildman–Crippen MR) is 75.0 cm³/mol. The number of thiophene rings is 1. The Kier molecular flexibility index (Phi) is 3.61. The first-order valence-corrected chi connectivity index (χ1v) is 7.67. The third-order valence-electron chi connectivity index (χ3n) is 3.42. The number of nitrogens with zero attached hydrogens (tertiary/aromatic N) is 4. The molecule has 0 bridgehead atoms. The fourth-order valence-corrected chi connectivity index (χ4v) is 3.24. The monoisotopic (exact) mass is 277 g/mol. The molecule has 5 nitrogen and oxygen atoms in total. The number of aromatic nitrogens is 4. The summed E-state index contributed by atoms with van der Waals surface area (Å²) in [7, 11) is 0. The highest BCUT2D eigenvalue weighted by Crippen LogP contribution is 2.30. The van der Waals surface area contributed by atoms with Crippen LogP contribution in [-0.4, -0.2) is 26.2 Å². The van der Waals surface area contributed by atoms with Crippen molar-refractivity contribution in [2.45, 2.75) is 45.3 Å². The van der Waals surface area contributed by atoms with Crippen molar-refractivity contribution in [1.29, 1.82) is 0 Å². The Bertz CT molecular complexity index is 515. The molecule has 0 radical (unpaired) electrons. The highest BCUT2D eigenvalue weighted by atomic mass is 32.1. The molecule has 19 heavy (non-hydrogen) atoms. The molecule has 0 aromatic carbocycles. The maximum absolute atomic E-state index is 4.21. The Balaban J connectivity index is 1.83. The van der Waals surface area contributed by atoms with E-state index in [1.807, 2.05) is 4.68 Å². The highest BCUT2D eigenvalue weighted by molar-refractivity contribution is 7.10. The summed E-state index contributed by atoms with van der Waals surface area (Å²) in [4.78, 5) is 1.31. The molecule has 2 aromatic heterocycles. The zero-order valence-corrected chi connectivity index (χ0v) is 12.1. The van der Waals surface area contributed by atoms with Crippen molar-refractivity contribution < 1.29 is 0 Å². The molecule has 3 rings (SSSR count). The first kappa shape index (κ1) is 12.7. The molecule has 1 aliphatic rings. The Morgan fingerprint density at radius 1 is 1.47 bits per heavy atom. The van der Waals surface area contributed by atoms with E-state index in [9.17, 15) is 0 Å². The van der Waals surface area contributed by atoms with Crippen molar-refractivity contribution in [3.63, 3.8) is 0 Å². The van der Waals surface area contributed by atoms with Gasteiger partial charge in [-0.1, -0.05) is 19.9 Å². The minimum atomic E-state index is 0.228. The summed E-state index contributed by atoms with van der Waals surface area (Å²) in [6.07, 6.45) is 2.56. The van der Waals surface area contributed by atoms with Crippen molar-refractivity contribution in [3.05, 3.63) is 28.2 Å². The Labute approximate surface area is 117 Å². The van der Waals surface area contributed by atoms with Gasteiger partial charge < -0.3 is 5.32 Å². The van der Waals surface area contributed by atoms with E-state index in [0.717, 1.165) is 12.4 Å². The van der Waals surface area contributed by atoms with Gasteiger partial charge in [0.1, 0.15) is 0 Å². The fourth-order valence-electron chi connectivity index (χ4n) is 2.26. The van der Waals surface area contributed by atoms with E-state index in [-0.39, 0.29) is 6.04 Å². The standard InChI is InChI=1S/C13H19N5S/c1-9(2)13(11-4-3-7-19-11)18-12(15-16-17-18)8-14-10-5-6-10/h3-4,7,9-10,13-14H,5-6,8H2,1-2H3. The van der Waals surface area contributed by atoms with E-state index in [1.165, 1.54) is 17.7 Å². The van der Waals surface area contributed by atoms with Gasteiger partial charge in [0, 0.05) is 10.9 Å². The van der Waals surface area contributed by atoms with Gasteiger partial charge in [-0.05, 0) is 40.6 Å². The summed E-state index contributed by atoms with van der Waals surface area (Å²) in [6.45, 7) is 5.18. The molecular weight excluding hydrogens is 258 g/mol. The predicted octanol–water partition coefficient (Wildman–Crippen LogP) is 2.23. The first-order valence-electron chi connectivity index (χ1n) is 6.79. The summed E-state index contributed by atoms with van der Waals surface area (Å²) in [5.74, 6) is 1.39. The van der Waals surface area contributed by atoms with Crippen LogP contribution in [0.5, 0.6) is 0 Å². The molecule has 1 saturated carbocycles. The van der Waals surface area contributed by atoms with Crippen LogP contribution < -0.4 is 5.32 Å². The SMILES string of the molecule is CC(C)C(c1cccs1)n1nnnc1CNC1CC1. The summed E-state index contributed by atoms with van der Waals surface area (Å²) in [6, 6.07) is 5.15. The quantitative estimate of drug-likeness (QED) is 0.879. The first-order chi connectivity index (χ1) is 9.25. The van der Waals surface area contributed by atoms with Gasteiger partial charge in [-0.3, -0.25) is 0 Å². The maximum atomic E-state index is 4.21. The number of hydrogen-bond acceptors (Lipinski definition) is 5. The third kappa shape index (κ3) is 2.84. The zero-order valence-electron chi connectivity index (χ0n) is 11.3. The molecule has 1 unspecified atom stereocenters. The minimum Gasteiger partial charge on any atom is -0.307 e. The topological polar surface area (TPSA) is 55.6 Å². The van der Waals surface area contributed by atoms with Gasteiger partial charge >= 0.3 is 0 Å². The van der Waals surface area contributed by atoms with E-state index < -0.39 is 0 Å². The molecule has 102 valence electrons. The van der Waals surface area contributed by atoms with Crippen molar-refractivity contribution in [2.24, 2.45) is 5.92 Å². The molecule has 2 heterocycles. The van der Waals surface area contributed by atoms with Crippen molar-refractivity contribution in [3.8, 4) is 0 Å². The fraction of sp³-hybridized carbons (Fsp3) is 0.615. The number of hydrogen-bond donors (Lipinski definition) is 1. The van der Waals surface area contributed by atoms with Crippen LogP contribution in [0.25, 0.3) is 0 Å². The minimum absolute atomic E-state index is 0.228. The smallest absolute Gasteiger partial charge is 0.165 e. The molecule has 1 fully saturated rings. The van der Waals surface area contributed by atoms with Gasteiger partial charge in [-0.15, -0.1) is 16.4 Å². The lowest BCUT2D eigenvalue weighted by Crippen LogP contribution is -2.24. The molecule has 2 aromatic rings. The second-order valence-electron chi connectivity index (χ2n) is 5.40. The Hall–Kier alpha value is -1.27. The summed E-state index contributed by atoms with van der Waals surface area (Å²) >= 11 is 1.77. The van der Waals surface area contributed by atoms with Crippen LogP contribution in [0, 0.1) is 5.92 Å². The molecule has 1 aliphatic carbocycles. The van der Waals surface area contributed by atoms with Crippen LogP contribution in [0.15, 0.2) is 17.5 Å². The summed E-state index contributed by atoms with van der Waals surface area (Å²) < 4.78 is 1.98. The van der Waals surface area contributed by atoms with Crippen LogP contribution in [-0.2, 0) is 6.54 Å². The average Bonchev–Trinajstić information content (AvgIpc) is 2.88. The largest absolute Gasteiger partial charge is 0.307 e. The second kappa shape index (κ2) is 5.38. The van der Waals surface area contributed by atoms with Gasteiger partial charge in [-0.25, -0.2) is 4.68 Å². The molecule has 0 saturated heterocycles. The van der Waals surface area contributed by atoms with Crippen molar-refractivity contribution in [1.82, 2.24) is 25.5 Å². The lowest BCUT2D eigenvalue weighted by atomic mass is 10.0. The van der Waals surface area contributed by atoms with Crippen LogP contribution in [0.4, 0.5) is 0 Å². The van der Waals surface area contributed by atoms with Gasteiger partial charge in [-0.2, -0.15) is 0 Å². The van der Waals surface area contributed by atoms with Crippen LogP contribution in [0.3, 0.4) is 0 Å². The van der Waals surface area contributed by atoms with E-state index >= 15 is 0 Å². The van der Waals surface area contributed by atoms with E-state index in [2.05, 4.69) is 52.2 Å². The van der Waals surface area contributed by atoms with Gasteiger partial charge in [0.25, 0.3) is 0 Å². The summed E-state index contributed by atoms with van der Waals surface area (Å²) in [5.41, 5.74) is 0. The maximum Gasteiger partial charge on any atom is 0.165 e. The highest BCUT2D eigenvalue weighted by Gasteiger charge is 2.25. The number of tetrazole rings is 1. The molecule has 0 spiro atoms. The van der Waals surface area contributed by atoms with E-state index in [1.54, 1.807) is 11.3 Å². The molecular formula is C13H19N5S. The van der Waals surface area contributed by atoms with Gasteiger partial charge in [0.2, 0.25) is 0 Å². The van der Waals surface area contributed by atoms with Gasteiger partial charge in [0.05, 0.1) is 12.6 Å². The Morgan fingerprint density at radius 2 is 2.32 bits per heavy atom. The number of nitrogens with one attached hydrogen (secondary N) is 1. The summed E-state index contributed by atoms with van der Waals surface area (Å²) in [5, 5.41) is 17.8. The Morgan fingerprint density at radius 3 is 2.95 bits per heavy atom.